The number of aryl methyl sites for hydroxylation is 1. The summed E-state index contributed by atoms with van der Waals surface area (Å²) in [4.78, 5) is 0. The van der Waals surface area contributed by atoms with Crippen molar-refractivity contribution in [1.29, 1.82) is 0 Å². The lowest BCUT2D eigenvalue weighted by molar-refractivity contribution is 0.474. The summed E-state index contributed by atoms with van der Waals surface area (Å²) in [6, 6.07) is 17.3. The summed E-state index contributed by atoms with van der Waals surface area (Å²) in [6.45, 7) is 6.55. The van der Waals surface area contributed by atoms with Crippen molar-refractivity contribution in [2.24, 2.45) is 0 Å². The van der Waals surface area contributed by atoms with Crippen LogP contribution < -0.4 is 4.74 Å². The second-order valence-electron chi connectivity index (χ2n) is 6.10. The molecule has 0 spiro atoms. The highest BCUT2D eigenvalue weighted by atomic mass is 16.5. The van der Waals surface area contributed by atoms with E-state index in [2.05, 4.69) is 69.3 Å². The van der Waals surface area contributed by atoms with Crippen LogP contribution in [0.25, 0.3) is 21.9 Å². The van der Waals surface area contributed by atoms with Crippen molar-refractivity contribution in [1.82, 2.24) is 0 Å². The van der Waals surface area contributed by atoms with Gasteiger partial charge in [-0.3, -0.25) is 0 Å². The van der Waals surface area contributed by atoms with Crippen molar-refractivity contribution >= 4 is 10.8 Å². The Hall–Kier alpha value is -2.28. The van der Waals surface area contributed by atoms with Gasteiger partial charge in [-0.2, -0.15) is 0 Å². The predicted molar refractivity (Wildman–Crippen MR) is 88.3 cm³/mol. The topological polar surface area (TPSA) is 9.23 Å². The fourth-order valence-electron chi connectivity index (χ4n) is 3.24. The number of para-hydroxylation sites is 1. The lowest BCUT2D eigenvalue weighted by Gasteiger charge is -2.25. The Morgan fingerprint density at radius 1 is 0.810 bits per heavy atom. The normalized spacial score (nSPS) is 12.4. The van der Waals surface area contributed by atoms with E-state index in [9.17, 15) is 0 Å². The average molecular weight is 274 g/mol. The van der Waals surface area contributed by atoms with Crippen LogP contribution in [0.1, 0.15) is 30.9 Å². The molecule has 1 heteroatoms. The molecular weight excluding hydrogens is 256 g/mol. The molecule has 0 radical (unpaired) electrons. The first-order valence-corrected chi connectivity index (χ1v) is 7.50. The Morgan fingerprint density at radius 3 is 2.38 bits per heavy atom. The summed E-state index contributed by atoms with van der Waals surface area (Å²) in [5.41, 5.74) is 4.97. The molecule has 1 aliphatic heterocycles. The quantitative estimate of drug-likeness (QED) is 0.411. The second-order valence-corrected chi connectivity index (χ2v) is 6.10. The number of rotatable bonds is 1. The van der Waals surface area contributed by atoms with Gasteiger partial charge in [0.25, 0.3) is 0 Å². The predicted octanol–water partition coefficient (Wildman–Crippen LogP) is 6.04. The summed E-state index contributed by atoms with van der Waals surface area (Å²) in [7, 11) is 0. The third kappa shape index (κ3) is 1.70. The van der Waals surface area contributed by atoms with E-state index in [-0.39, 0.29) is 0 Å². The number of hydrogen-bond acceptors (Lipinski definition) is 1. The standard InChI is InChI=1S/C20H18O/c1-12(2)15-7-5-9-17-16-8-4-6-14-11-10-13(3)19(18(14)16)21-20(15)17/h4-12H,1-3H3. The van der Waals surface area contributed by atoms with Gasteiger partial charge in [0.1, 0.15) is 11.5 Å². The molecule has 0 N–H and O–H groups in total. The summed E-state index contributed by atoms with van der Waals surface area (Å²) in [6.07, 6.45) is 0. The van der Waals surface area contributed by atoms with E-state index in [1.165, 1.54) is 33.0 Å². The minimum absolute atomic E-state index is 0.449. The van der Waals surface area contributed by atoms with Gasteiger partial charge in [-0.15, -0.1) is 0 Å². The third-order valence-corrected chi connectivity index (χ3v) is 4.36. The minimum Gasteiger partial charge on any atom is -0.455 e. The van der Waals surface area contributed by atoms with Gasteiger partial charge in [-0.25, -0.2) is 0 Å². The van der Waals surface area contributed by atoms with Crippen molar-refractivity contribution < 1.29 is 4.74 Å². The molecule has 0 atom stereocenters. The maximum Gasteiger partial charge on any atom is 0.138 e. The SMILES string of the molecule is Cc1ccc2cccc3c2c1Oc1c-3cccc1C(C)C. The van der Waals surface area contributed by atoms with Crippen LogP contribution in [-0.4, -0.2) is 0 Å². The first-order chi connectivity index (χ1) is 10.2. The van der Waals surface area contributed by atoms with Gasteiger partial charge in [0.05, 0.1) is 0 Å². The number of benzene rings is 3. The maximum absolute atomic E-state index is 6.37. The van der Waals surface area contributed by atoms with Crippen LogP contribution in [-0.2, 0) is 0 Å². The number of hydrogen-bond donors (Lipinski definition) is 0. The van der Waals surface area contributed by atoms with Gasteiger partial charge < -0.3 is 4.74 Å². The Labute approximate surface area is 125 Å². The molecule has 0 saturated heterocycles. The van der Waals surface area contributed by atoms with Crippen molar-refractivity contribution in [3.05, 3.63) is 59.7 Å². The summed E-state index contributed by atoms with van der Waals surface area (Å²) in [5.74, 6) is 2.50. The van der Waals surface area contributed by atoms with Gasteiger partial charge in [0, 0.05) is 10.9 Å². The van der Waals surface area contributed by atoms with Gasteiger partial charge in [0.2, 0.25) is 0 Å². The molecule has 4 rings (SSSR count). The minimum atomic E-state index is 0.449. The van der Waals surface area contributed by atoms with E-state index in [0.717, 1.165) is 11.5 Å². The molecule has 0 aromatic heterocycles. The van der Waals surface area contributed by atoms with Crippen LogP contribution in [0.2, 0.25) is 0 Å². The highest BCUT2D eigenvalue weighted by Gasteiger charge is 2.24. The highest BCUT2D eigenvalue weighted by Crippen LogP contribution is 2.49. The Bertz CT molecular complexity index is 859. The van der Waals surface area contributed by atoms with E-state index < -0.39 is 0 Å². The monoisotopic (exact) mass is 274 g/mol. The second kappa shape index (κ2) is 4.36. The molecule has 0 fully saturated rings. The van der Waals surface area contributed by atoms with Crippen molar-refractivity contribution in [3.63, 3.8) is 0 Å². The largest absolute Gasteiger partial charge is 0.455 e. The molecule has 1 heterocycles. The van der Waals surface area contributed by atoms with Gasteiger partial charge in [-0.1, -0.05) is 62.4 Å². The van der Waals surface area contributed by atoms with Crippen LogP contribution in [0.5, 0.6) is 11.5 Å². The lowest BCUT2D eigenvalue weighted by Crippen LogP contribution is -2.02. The maximum atomic E-state index is 6.37. The van der Waals surface area contributed by atoms with E-state index in [1.54, 1.807) is 0 Å². The van der Waals surface area contributed by atoms with Crippen molar-refractivity contribution in [2.75, 3.05) is 0 Å². The Balaban J connectivity index is 2.14. The van der Waals surface area contributed by atoms with Crippen molar-refractivity contribution in [2.45, 2.75) is 26.7 Å². The smallest absolute Gasteiger partial charge is 0.138 e. The Kier molecular flexibility index (Phi) is 2.58. The third-order valence-electron chi connectivity index (χ3n) is 4.36. The van der Waals surface area contributed by atoms with E-state index in [0.29, 0.717) is 5.92 Å². The summed E-state index contributed by atoms with van der Waals surface area (Å²) < 4.78 is 6.37. The summed E-state index contributed by atoms with van der Waals surface area (Å²) in [5, 5.41) is 2.49. The molecule has 0 saturated carbocycles. The molecule has 21 heavy (non-hydrogen) atoms. The zero-order valence-corrected chi connectivity index (χ0v) is 12.6. The van der Waals surface area contributed by atoms with Crippen LogP contribution in [0.4, 0.5) is 0 Å². The van der Waals surface area contributed by atoms with Crippen LogP contribution in [0.3, 0.4) is 0 Å². The molecule has 0 aliphatic carbocycles. The first-order valence-electron chi connectivity index (χ1n) is 7.50. The molecule has 1 aliphatic rings. The highest BCUT2D eigenvalue weighted by molar-refractivity contribution is 6.04. The lowest BCUT2D eigenvalue weighted by atomic mass is 9.90. The van der Waals surface area contributed by atoms with E-state index >= 15 is 0 Å². The molecule has 1 nitrogen and oxygen atoms in total. The molecule has 0 unspecified atom stereocenters. The Morgan fingerprint density at radius 2 is 1.57 bits per heavy atom. The molecule has 104 valence electrons. The summed E-state index contributed by atoms with van der Waals surface area (Å²) >= 11 is 0. The zero-order valence-electron chi connectivity index (χ0n) is 12.6. The van der Waals surface area contributed by atoms with Crippen molar-refractivity contribution in [3.8, 4) is 22.6 Å². The van der Waals surface area contributed by atoms with Gasteiger partial charge in [-0.05, 0) is 34.9 Å². The molecule has 0 bridgehead atoms. The zero-order chi connectivity index (χ0) is 14.6. The van der Waals surface area contributed by atoms with E-state index in [4.69, 9.17) is 4.74 Å². The van der Waals surface area contributed by atoms with E-state index in [1.807, 2.05) is 0 Å². The van der Waals surface area contributed by atoms with Gasteiger partial charge in [0.15, 0.2) is 0 Å². The van der Waals surface area contributed by atoms with Crippen LogP contribution >= 0.6 is 0 Å². The molecule has 0 amide bonds. The molecule has 3 aromatic rings. The molecule has 3 aromatic carbocycles. The number of fused-ring (bicyclic) bond motifs is 2. The fourth-order valence-corrected chi connectivity index (χ4v) is 3.24. The fraction of sp³-hybridized carbons (Fsp3) is 0.200. The number of ether oxygens (including phenoxy) is 1. The molecular formula is C20H18O. The van der Waals surface area contributed by atoms with Gasteiger partial charge >= 0.3 is 0 Å². The first kappa shape index (κ1) is 12.5. The van der Waals surface area contributed by atoms with Crippen LogP contribution in [0.15, 0.2) is 48.5 Å². The average Bonchev–Trinajstić information content (AvgIpc) is 2.50. The van der Waals surface area contributed by atoms with Crippen LogP contribution in [0, 0.1) is 6.92 Å².